The molecule has 3 amide bonds. The van der Waals surface area contributed by atoms with Crippen LogP contribution in [-0.4, -0.2) is 36.3 Å². The zero-order valence-electron chi connectivity index (χ0n) is 11.9. The van der Waals surface area contributed by atoms with Crippen molar-refractivity contribution in [2.24, 2.45) is 5.92 Å². The first-order chi connectivity index (χ1) is 9.92. The van der Waals surface area contributed by atoms with Crippen LogP contribution >= 0.6 is 0 Å². The van der Waals surface area contributed by atoms with Crippen molar-refractivity contribution in [1.82, 2.24) is 4.90 Å². The molecule has 3 N–H and O–H groups in total. The molecule has 0 bridgehead atoms. The molecule has 0 saturated carbocycles. The lowest BCUT2D eigenvalue weighted by Crippen LogP contribution is -2.37. The quantitative estimate of drug-likeness (QED) is 0.625. The van der Waals surface area contributed by atoms with Crippen molar-refractivity contribution in [3.05, 3.63) is 18.2 Å². The third kappa shape index (κ3) is 3.13. The summed E-state index contributed by atoms with van der Waals surface area (Å²) in [6, 6.07) is 4.83. The van der Waals surface area contributed by atoms with E-state index < -0.39 is 5.91 Å². The molecule has 1 saturated heterocycles. The van der Waals surface area contributed by atoms with Gasteiger partial charge in [0.1, 0.15) is 12.3 Å². The number of hydrogen-bond acceptors (Lipinski definition) is 5. The number of carbonyl (C=O) groups excluding carboxylic acids is 3. The van der Waals surface area contributed by atoms with Gasteiger partial charge in [0.15, 0.2) is 0 Å². The van der Waals surface area contributed by atoms with E-state index in [2.05, 4.69) is 5.32 Å². The first kappa shape index (κ1) is 14.8. The molecule has 7 heteroatoms. The van der Waals surface area contributed by atoms with Crippen LogP contribution in [-0.2, 0) is 14.4 Å². The molecule has 7 nitrogen and oxygen atoms in total. The monoisotopic (exact) mass is 291 g/mol. The number of anilines is 2. The van der Waals surface area contributed by atoms with Gasteiger partial charge in [0, 0.05) is 18.4 Å². The molecule has 1 aromatic rings. The molecule has 2 rings (SSSR count). The topological polar surface area (TPSA) is 102 Å². The zero-order chi connectivity index (χ0) is 15.6. The summed E-state index contributed by atoms with van der Waals surface area (Å²) in [4.78, 5) is 36.3. The van der Waals surface area contributed by atoms with Crippen molar-refractivity contribution in [3.63, 3.8) is 0 Å². The number of nitrogens with zero attached hydrogens (tertiary/aromatic N) is 1. The van der Waals surface area contributed by atoms with Crippen LogP contribution in [0.2, 0.25) is 0 Å². The lowest BCUT2D eigenvalue weighted by Gasteiger charge is -2.15. The van der Waals surface area contributed by atoms with E-state index in [1.807, 2.05) is 0 Å². The van der Waals surface area contributed by atoms with E-state index in [-0.39, 0.29) is 30.7 Å². The Morgan fingerprint density at radius 1 is 1.48 bits per heavy atom. The molecule has 0 aliphatic carbocycles. The van der Waals surface area contributed by atoms with Gasteiger partial charge in [-0.05, 0) is 12.1 Å². The third-order valence-electron chi connectivity index (χ3n) is 3.30. The van der Waals surface area contributed by atoms with Gasteiger partial charge in [-0.1, -0.05) is 6.92 Å². The number of ether oxygens (including phenoxy) is 1. The Balaban J connectivity index is 2.02. The maximum absolute atomic E-state index is 11.9. The fourth-order valence-corrected chi connectivity index (χ4v) is 2.13. The normalized spacial score (nSPS) is 18.0. The highest BCUT2D eigenvalue weighted by Gasteiger charge is 2.36. The minimum Gasteiger partial charge on any atom is -0.497 e. The summed E-state index contributed by atoms with van der Waals surface area (Å²) in [5, 5.41) is 2.58. The first-order valence-corrected chi connectivity index (χ1v) is 6.50. The van der Waals surface area contributed by atoms with Gasteiger partial charge >= 0.3 is 0 Å². The average molecular weight is 291 g/mol. The highest BCUT2D eigenvalue weighted by molar-refractivity contribution is 6.07. The Kier molecular flexibility index (Phi) is 4.11. The molecule has 1 atom stereocenters. The van der Waals surface area contributed by atoms with Gasteiger partial charge in [0.25, 0.3) is 0 Å². The number of nitrogens with two attached hydrogens (primary N) is 1. The SMILES string of the molecule is COc1ccc(NC(=O)CN2C(=O)CC(C)C2=O)c(N)c1. The minimum absolute atomic E-state index is 0.150. The predicted octanol–water partition coefficient (Wildman–Crippen LogP) is 0.611. The van der Waals surface area contributed by atoms with E-state index in [4.69, 9.17) is 10.5 Å². The molecule has 1 fully saturated rings. The van der Waals surface area contributed by atoms with Gasteiger partial charge in [-0.2, -0.15) is 0 Å². The van der Waals surface area contributed by atoms with Crippen LogP contribution in [0.25, 0.3) is 0 Å². The van der Waals surface area contributed by atoms with Crippen LogP contribution in [0, 0.1) is 5.92 Å². The molecule has 1 aliphatic heterocycles. The number of amides is 3. The van der Waals surface area contributed by atoms with Crippen LogP contribution in [0.1, 0.15) is 13.3 Å². The summed E-state index contributed by atoms with van der Waals surface area (Å²) in [6.45, 7) is 1.37. The standard InChI is InChI=1S/C14H17N3O4/c1-8-5-13(19)17(14(8)20)7-12(18)16-11-4-3-9(21-2)6-10(11)15/h3-4,6,8H,5,7,15H2,1-2H3,(H,16,18). The minimum atomic E-state index is -0.470. The Morgan fingerprint density at radius 2 is 2.19 bits per heavy atom. The lowest BCUT2D eigenvalue weighted by molar-refractivity contribution is -0.142. The van der Waals surface area contributed by atoms with Crippen LogP contribution in [0.5, 0.6) is 5.75 Å². The van der Waals surface area contributed by atoms with Gasteiger partial charge in [-0.15, -0.1) is 0 Å². The van der Waals surface area contributed by atoms with Crippen LogP contribution in [0.3, 0.4) is 0 Å². The predicted molar refractivity (Wildman–Crippen MR) is 76.5 cm³/mol. The van der Waals surface area contributed by atoms with E-state index in [1.54, 1.807) is 25.1 Å². The zero-order valence-corrected chi connectivity index (χ0v) is 11.9. The Hall–Kier alpha value is -2.57. The van der Waals surface area contributed by atoms with E-state index in [0.717, 1.165) is 4.90 Å². The number of nitrogen functional groups attached to an aromatic ring is 1. The van der Waals surface area contributed by atoms with E-state index in [0.29, 0.717) is 17.1 Å². The molecule has 21 heavy (non-hydrogen) atoms. The van der Waals surface area contributed by atoms with Crippen molar-refractivity contribution >= 4 is 29.1 Å². The fourth-order valence-electron chi connectivity index (χ4n) is 2.13. The number of nitrogens with one attached hydrogen (secondary N) is 1. The maximum Gasteiger partial charge on any atom is 0.244 e. The van der Waals surface area contributed by atoms with Crippen molar-refractivity contribution < 1.29 is 19.1 Å². The molecule has 1 unspecified atom stereocenters. The fraction of sp³-hybridized carbons (Fsp3) is 0.357. The van der Waals surface area contributed by atoms with Gasteiger partial charge in [0.05, 0.1) is 18.5 Å². The summed E-state index contributed by atoms with van der Waals surface area (Å²) in [5.74, 6) is -0.911. The van der Waals surface area contributed by atoms with Gasteiger partial charge in [-0.3, -0.25) is 19.3 Å². The molecule has 1 heterocycles. The molecular weight excluding hydrogens is 274 g/mol. The second-order valence-electron chi connectivity index (χ2n) is 4.92. The number of imide groups is 1. The third-order valence-corrected chi connectivity index (χ3v) is 3.30. The van der Waals surface area contributed by atoms with E-state index in [9.17, 15) is 14.4 Å². The molecular formula is C14H17N3O4. The van der Waals surface area contributed by atoms with Gasteiger partial charge in [-0.25, -0.2) is 0 Å². The number of benzene rings is 1. The number of methoxy groups -OCH3 is 1. The highest BCUT2D eigenvalue weighted by atomic mass is 16.5. The van der Waals surface area contributed by atoms with Crippen LogP contribution in [0.15, 0.2) is 18.2 Å². The lowest BCUT2D eigenvalue weighted by atomic mass is 10.1. The average Bonchev–Trinajstić information content (AvgIpc) is 2.67. The maximum atomic E-state index is 11.9. The summed E-state index contributed by atoms with van der Waals surface area (Å²) in [7, 11) is 1.51. The van der Waals surface area contributed by atoms with Gasteiger partial charge in [0.2, 0.25) is 17.7 Å². The molecule has 0 spiro atoms. The molecule has 112 valence electrons. The summed E-state index contributed by atoms with van der Waals surface area (Å²) in [5.41, 5.74) is 6.54. The van der Waals surface area contributed by atoms with Gasteiger partial charge < -0.3 is 15.8 Å². The number of hydrogen-bond donors (Lipinski definition) is 2. The number of carbonyl (C=O) groups is 3. The summed E-state index contributed by atoms with van der Waals surface area (Å²) in [6.07, 6.45) is 0.150. The molecule has 1 aliphatic rings. The molecule has 0 aromatic heterocycles. The van der Waals surface area contributed by atoms with E-state index in [1.165, 1.54) is 7.11 Å². The Morgan fingerprint density at radius 3 is 2.71 bits per heavy atom. The Labute approximate surface area is 122 Å². The highest BCUT2D eigenvalue weighted by Crippen LogP contribution is 2.24. The van der Waals surface area contributed by atoms with Crippen molar-refractivity contribution in [2.45, 2.75) is 13.3 Å². The second kappa shape index (κ2) is 5.82. The Bertz CT molecular complexity index is 600. The van der Waals surface area contributed by atoms with E-state index >= 15 is 0 Å². The van der Waals surface area contributed by atoms with Crippen LogP contribution < -0.4 is 15.8 Å². The summed E-state index contributed by atoms with van der Waals surface area (Å²) < 4.78 is 5.01. The molecule has 1 aromatic carbocycles. The second-order valence-corrected chi connectivity index (χ2v) is 4.92. The first-order valence-electron chi connectivity index (χ1n) is 6.50. The smallest absolute Gasteiger partial charge is 0.244 e. The largest absolute Gasteiger partial charge is 0.497 e. The number of likely N-dealkylation sites (tertiary alicyclic amines) is 1. The van der Waals surface area contributed by atoms with Crippen molar-refractivity contribution in [3.8, 4) is 5.75 Å². The van der Waals surface area contributed by atoms with Crippen molar-refractivity contribution in [2.75, 3.05) is 24.7 Å². The summed E-state index contributed by atoms with van der Waals surface area (Å²) >= 11 is 0. The number of rotatable bonds is 4. The van der Waals surface area contributed by atoms with Crippen LogP contribution in [0.4, 0.5) is 11.4 Å². The molecule has 0 radical (unpaired) electrons. The van der Waals surface area contributed by atoms with Crippen molar-refractivity contribution in [1.29, 1.82) is 0 Å².